The number of nitrogens with two attached hydrogens (primary N) is 1. The zero-order valence-corrected chi connectivity index (χ0v) is 14.5. The lowest BCUT2D eigenvalue weighted by Crippen LogP contribution is -2.15. The van der Waals surface area contributed by atoms with Crippen molar-refractivity contribution in [1.29, 1.82) is 0 Å². The number of rotatable bonds is 5. The predicted octanol–water partition coefficient (Wildman–Crippen LogP) is 2.76. The van der Waals surface area contributed by atoms with Crippen LogP contribution in [0, 0.1) is 0 Å². The van der Waals surface area contributed by atoms with E-state index in [1.165, 1.54) is 35.9 Å². The molecule has 0 aliphatic heterocycles. The lowest BCUT2D eigenvalue weighted by atomic mass is 10.2. The molecule has 1 aromatic carbocycles. The molecule has 6 nitrogen and oxygen atoms in total. The number of hydrogen-bond donors (Lipinski definition) is 1. The van der Waals surface area contributed by atoms with Crippen molar-refractivity contribution in [2.45, 2.75) is 6.61 Å². The largest absolute Gasteiger partial charge is 0.472 e. The third kappa shape index (κ3) is 5.57. The normalized spacial score (nSPS) is 11.1. The van der Waals surface area contributed by atoms with Crippen LogP contribution in [-0.2, 0) is 6.61 Å². The van der Waals surface area contributed by atoms with Crippen LogP contribution in [0.25, 0.3) is 0 Å². The van der Waals surface area contributed by atoms with Crippen molar-refractivity contribution in [3.8, 4) is 5.88 Å². The van der Waals surface area contributed by atoms with Crippen LogP contribution in [0.2, 0.25) is 0 Å². The van der Waals surface area contributed by atoms with E-state index in [0.29, 0.717) is 18.2 Å². The van der Waals surface area contributed by atoms with Crippen molar-refractivity contribution in [3.63, 3.8) is 0 Å². The first-order valence-corrected chi connectivity index (χ1v) is 9.16. The van der Waals surface area contributed by atoms with E-state index in [1.807, 2.05) is 42.8 Å². The first kappa shape index (κ1) is 17.3. The fourth-order valence-electron chi connectivity index (χ4n) is 1.58. The highest BCUT2D eigenvalue weighted by atomic mass is 32.2. The van der Waals surface area contributed by atoms with Gasteiger partial charge in [0.15, 0.2) is 10.2 Å². The summed E-state index contributed by atoms with van der Waals surface area (Å²) in [6.45, 7) is 0.414. The van der Waals surface area contributed by atoms with Gasteiger partial charge in [-0.1, -0.05) is 30.3 Å². The van der Waals surface area contributed by atoms with Crippen molar-refractivity contribution in [2.75, 3.05) is 12.5 Å². The monoisotopic (exact) mass is 347 g/mol. The maximum atomic E-state index is 5.90. The molecule has 0 atom stereocenters. The molecule has 0 spiro atoms. The van der Waals surface area contributed by atoms with Gasteiger partial charge >= 0.3 is 0 Å². The van der Waals surface area contributed by atoms with Gasteiger partial charge in [-0.25, -0.2) is 4.98 Å². The molecule has 0 amide bonds. The highest BCUT2D eigenvalue weighted by Crippen LogP contribution is 2.12. The first-order chi connectivity index (χ1) is 11.2. The lowest BCUT2D eigenvalue weighted by molar-refractivity contribution is 0.292. The summed E-state index contributed by atoms with van der Waals surface area (Å²) in [7, 11) is 0. The predicted molar refractivity (Wildman–Crippen MR) is 98.0 cm³/mol. The number of thioether (sulfide) groups is 2. The number of benzene rings is 1. The molecule has 120 valence electrons. The molecule has 0 saturated carbocycles. The van der Waals surface area contributed by atoms with Gasteiger partial charge in [0.1, 0.15) is 12.3 Å². The maximum Gasteiger partial charge on any atom is 0.233 e. The topological polar surface area (TPSA) is 85.8 Å². The Bertz CT molecular complexity index is 685. The van der Waals surface area contributed by atoms with E-state index in [-0.39, 0.29) is 5.84 Å². The van der Waals surface area contributed by atoms with Crippen LogP contribution in [0.3, 0.4) is 0 Å². The summed E-state index contributed by atoms with van der Waals surface area (Å²) < 4.78 is 6.44. The van der Waals surface area contributed by atoms with Crippen LogP contribution in [0.15, 0.2) is 52.9 Å². The molecule has 23 heavy (non-hydrogen) atoms. The molecule has 2 aromatic rings. The van der Waals surface area contributed by atoms with E-state index in [2.05, 4.69) is 20.2 Å². The van der Waals surface area contributed by atoms with Crippen molar-refractivity contribution < 1.29 is 4.74 Å². The molecule has 0 aliphatic rings. The quantitative estimate of drug-likeness (QED) is 0.508. The van der Waals surface area contributed by atoms with Crippen molar-refractivity contribution in [2.24, 2.45) is 15.9 Å². The fourth-order valence-corrected chi connectivity index (χ4v) is 2.50. The van der Waals surface area contributed by atoms with E-state index in [1.54, 1.807) is 0 Å². The summed E-state index contributed by atoms with van der Waals surface area (Å²) >= 11 is 3.01. The SMILES string of the molecule is CSC(=N/N=C(\N)c1cncc(OCc2ccccc2)n1)SC. The number of nitrogens with zero attached hydrogens (tertiary/aromatic N) is 4. The van der Waals surface area contributed by atoms with Gasteiger partial charge in [-0.3, -0.25) is 4.98 Å². The van der Waals surface area contributed by atoms with E-state index >= 15 is 0 Å². The molecular formula is C15H17N5OS2. The molecule has 0 saturated heterocycles. The Balaban J connectivity index is 2.07. The van der Waals surface area contributed by atoms with Crippen molar-refractivity contribution >= 4 is 33.7 Å². The Kier molecular flexibility index (Phi) is 6.89. The van der Waals surface area contributed by atoms with Crippen LogP contribution in [0.5, 0.6) is 5.88 Å². The molecule has 2 N–H and O–H groups in total. The summed E-state index contributed by atoms with van der Waals surface area (Å²) in [4.78, 5) is 8.37. The Labute approximate surface area is 143 Å². The Hall–Kier alpha value is -2.06. The highest BCUT2D eigenvalue weighted by Gasteiger charge is 2.05. The molecule has 0 aliphatic carbocycles. The van der Waals surface area contributed by atoms with Gasteiger partial charge in [0.05, 0.1) is 12.4 Å². The fraction of sp³-hybridized carbons (Fsp3) is 0.200. The van der Waals surface area contributed by atoms with E-state index in [9.17, 15) is 0 Å². The molecule has 0 fully saturated rings. The van der Waals surface area contributed by atoms with Gasteiger partial charge in [0.2, 0.25) is 5.88 Å². The second-order valence-corrected chi connectivity index (χ2v) is 6.12. The summed E-state index contributed by atoms with van der Waals surface area (Å²) in [6, 6.07) is 9.83. The van der Waals surface area contributed by atoms with Crippen molar-refractivity contribution in [1.82, 2.24) is 9.97 Å². The zero-order chi connectivity index (χ0) is 16.5. The van der Waals surface area contributed by atoms with Gasteiger partial charge in [0, 0.05) is 0 Å². The number of hydrogen-bond acceptors (Lipinski definition) is 7. The summed E-state index contributed by atoms with van der Waals surface area (Å²) in [6.07, 6.45) is 6.93. The second-order valence-electron chi connectivity index (χ2n) is 4.28. The second kappa shape index (κ2) is 9.16. The third-order valence-corrected chi connectivity index (χ3v) is 4.55. The van der Waals surface area contributed by atoms with Gasteiger partial charge in [-0.15, -0.1) is 33.7 Å². The molecule has 1 aromatic heterocycles. The van der Waals surface area contributed by atoms with Gasteiger partial charge in [-0.2, -0.15) is 0 Å². The Morgan fingerprint density at radius 3 is 2.57 bits per heavy atom. The van der Waals surface area contributed by atoms with E-state index < -0.39 is 0 Å². The van der Waals surface area contributed by atoms with Gasteiger partial charge in [-0.05, 0) is 18.1 Å². The zero-order valence-electron chi connectivity index (χ0n) is 12.8. The first-order valence-electron chi connectivity index (χ1n) is 6.71. The third-order valence-electron chi connectivity index (χ3n) is 2.69. The number of aromatic nitrogens is 2. The van der Waals surface area contributed by atoms with Gasteiger partial charge < -0.3 is 10.5 Å². The highest BCUT2D eigenvalue weighted by molar-refractivity contribution is 8.38. The van der Waals surface area contributed by atoms with Crippen LogP contribution >= 0.6 is 23.5 Å². The number of amidine groups is 1. The summed E-state index contributed by atoms with van der Waals surface area (Å²) in [5.41, 5.74) is 7.38. The summed E-state index contributed by atoms with van der Waals surface area (Å²) in [5, 5.41) is 8.04. The van der Waals surface area contributed by atoms with E-state index in [0.717, 1.165) is 9.94 Å². The van der Waals surface area contributed by atoms with Gasteiger partial charge in [0.25, 0.3) is 0 Å². The molecule has 8 heteroatoms. The molecule has 0 unspecified atom stereocenters. The molecule has 2 rings (SSSR count). The van der Waals surface area contributed by atoms with Crippen LogP contribution < -0.4 is 10.5 Å². The number of ether oxygens (including phenoxy) is 1. The van der Waals surface area contributed by atoms with Crippen LogP contribution in [0.4, 0.5) is 0 Å². The standard InChI is InChI=1S/C15H17N5OS2/c1-22-15(23-2)20-19-14(16)12-8-17-9-13(18-12)21-10-11-6-4-3-5-7-11/h3-9H,10H2,1-2H3,(H2,16,19). The average Bonchev–Trinajstić information content (AvgIpc) is 2.62. The molecule has 1 heterocycles. The van der Waals surface area contributed by atoms with Crippen molar-refractivity contribution in [3.05, 3.63) is 54.0 Å². The minimum Gasteiger partial charge on any atom is -0.472 e. The van der Waals surface area contributed by atoms with E-state index in [4.69, 9.17) is 10.5 Å². The molecule has 0 bridgehead atoms. The summed E-state index contributed by atoms with van der Waals surface area (Å²) in [5.74, 6) is 0.590. The molecular weight excluding hydrogens is 330 g/mol. The lowest BCUT2D eigenvalue weighted by Gasteiger charge is -2.06. The minimum absolute atomic E-state index is 0.197. The van der Waals surface area contributed by atoms with Crippen LogP contribution in [0.1, 0.15) is 11.3 Å². The minimum atomic E-state index is 0.197. The smallest absolute Gasteiger partial charge is 0.233 e. The Morgan fingerprint density at radius 2 is 1.87 bits per heavy atom. The maximum absolute atomic E-state index is 5.90. The average molecular weight is 347 g/mol. The molecule has 0 radical (unpaired) electrons. The van der Waals surface area contributed by atoms with Crippen LogP contribution in [-0.4, -0.2) is 32.7 Å². The Morgan fingerprint density at radius 1 is 1.13 bits per heavy atom.